The number of hydrogen-bond acceptors (Lipinski definition) is 6. The zero-order chi connectivity index (χ0) is 17.2. The van der Waals surface area contributed by atoms with E-state index in [4.69, 9.17) is 4.74 Å². The minimum Gasteiger partial charge on any atom is -0.455 e. The van der Waals surface area contributed by atoms with Gasteiger partial charge < -0.3 is 15.0 Å². The molecule has 7 nitrogen and oxygen atoms in total. The van der Waals surface area contributed by atoms with Gasteiger partial charge in [0.2, 0.25) is 5.95 Å². The van der Waals surface area contributed by atoms with Crippen LogP contribution in [0, 0.1) is 0 Å². The van der Waals surface area contributed by atoms with Crippen molar-refractivity contribution in [2.75, 3.05) is 29.9 Å². The third-order valence-electron chi connectivity index (χ3n) is 3.22. The van der Waals surface area contributed by atoms with Gasteiger partial charge in [0.15, 0.2) is 6.61 Å². The number of esters is 1. The second-order valence-electron chi connectivity index (χ2n) is 4.88. The number of nitrogens with zero attached hydrogens (tertiary/aromatic N) is 3. The van der Waals surface area contributed by atoms with Gasteiger partial charge in [0.25, 0.3) is 5.91 Å². The summed E-state index contributed by atoms with van der Waals surface area (Å²) >= 11 is 0. The van der Waals surface area contributed by atoms with Crippen molar-refractivity contribution in [2.45, 2.75) is 13.3 Å². The normalized spacial score (nSPS) is 10.0. The molecule has 126 valence electrons. The fourth-order valence-corrected chi connectivity index (χ4v) is 2.07. The number of para-hydroxylation sites is 1. The maximum absolute atomic E-state index is 12.2. The summed E-state index contributed by atoms with van der Waals surface area (Å²) in [6.45, 7) is 2.44. The largest absolute Gasteiger partial charge is 0.455 e. The van der Waals surface area contributed by atoms with Crippen LogP contribution < -0.4 is 10.2 Å². The second kappa shape index (κ2) is 9.24. The molecule has 1 amide bonds. The van der Waals surface area contributed by atoms with E-state index in [0.717, 1.165) is 5.69 Å². The topological polar surface area (TPSA) is 84.4 Å². The Morgan fingerprint density at radius 1 is 1.12 bits per heavy atom. The fourth-order valence-electron chi connectivity index (χ4n) is 2.07. The van der Waals surface area contributed by atoms with E-state index in [1.165, 1.54) is 0 Å². The van der Waals surface area contributed by atoms with Crippen molar-refractivity contribution in [2.24, 2.45) is 0 Å². The number of rotatable bonds is 8. The number of carbonyl (C=O) groups excluding carboxylic acids is 2. The van der Waals surface area contributed by atoms with Gasteiger partial charge in [0.1, 0.15) is 0 Å². The molecule has 0 atom stereocenters. The molecule has 1 aromatic heterocycles. The summed E-state index contributed by atoms with van der Waals surface area (Å²) in [7, 11) is 0. The van der Waals surface area contributed by atoms with Gasteiger partial charge in [-0.05, 0) is 25.1 Å². The number of benzene rings is 1. The Balaban J connectivity index is 1.73. The maximum Gasteiger partial charge on any atom is 0.308 e. The number of anilines is 2. The minimum absolute atomic E-state index is 0.128. The molecule has 0 aliphatic heterocycles. The predicted octanol–water partition coefficient (Wildman–Crippen LogP) is 1.87. The van der Waals surface area contributed by atoms with Crippen LogP contribution in [0.1, 0.15) is 13.3 Å². The number of likely N-dealkylation sites (N-methyl/N-ethyl adjacent to an activating group) is 1. The first-order valence-corrected chi connectivity index (χ1v) is 7.72. The van der Waals surface area contributed by atoms with Crippen molar-refractivity contribution in [3.05, 3.63) is 48.8 Å². The van der Waals surface area contributed by atoms with Crippen molar-refractivity contribution in [3.8, 4) is 0 Å². The van der Waals surface area contributed by atoms with Crippen LogP contribution in [-0.2, 0) is 14.3 Å². The summed E-state index contributed by atoms with van der Waals surface area (Å²) in [6, 6.07) is 11.0. The quantitative estimate of drug-likeness (QED) is 0.745. The summed E-state index contributed by atoms with van der Waals surface area (Å²) in [4.78, 5) is 33.4. The van der Waals surface area contributed by atoms with E-state index < -0.39 is 5.97 Å². The summed E-state index contributed by atoms with van der Waals surface area (Å²) in [5.74, 6) is -0.255. The van der Waals surface area contributed by atoms with Crippen molar-refractivity contribution >= 4 is 23.5 Å². The molecular weight excluding hydrogens is 308 g/mol. The molecule has 24 heavy (non-hydrogen) atoms. The molecule has 0 fully saturated rings. The van der Waals surface area contributed by atoms with Crippen LogP contribution in [0.25, 0.3) is 0 Å². The molecule has 2 rings (SSSR count). The lowest BCUT2D eigenvalue weighted by Gasteiger charge is -2.20. The van der Waals surface area contributed by atoms with E-state index >= 15 is 0 Å². The third-order valence-corrected chi connectivity index (χ3v) is 3.22. The molecule has 0 radical (unpaired) electrons. The van der Waals surface area contributed by atoms with Gasteiger partial charge in [-0.3, -0.25) is 9.59 Å². The zero-order valence-electron chi connectivity index (χ0n) is 13.5. The van der Waals surface area contributed by atoms with Gasteiger partial charge in [-0.1, -0.05) is 18.2 Å². The maximum atomic E-state index is 12.2. The van der Waals surface area contributed by atoms with Gasteiger partial charge in [0, 0.05) is 31.2 Å². The van der Waals surface area contributed by atoms with Crippen molar-refractivity contribution in [3.63, 3.8) is 0 Å². The molecular formula is C17H20N4O3. The Bertz CT molecular complexity index is 649. The Hall–Kier alpha value is -2.96. The molecule has 2 aromatic rings. The van der Waals surface area contributed by atoms with E-state index in [-0.39, 0.29) is 18.9 Å². The highest BCUT2D eigenvalue weighted by Gasteiger charge is 2.15. The van der Waals surface area contributed by atoms with Crippen LogP contribution in [-0.4, -0.2) is 41.5 Å². The Kier molecular flexibility index (Phi) is 6.70. The summed E-state index contributed by atoms with van der Waals surface area (Å²) in [6.07, 6.45) is 3.34. The second-order valence-corrected chi connectivity index (χ2v) is 4.88. The Labute approximate surface area is 140 Å². The standard InChI is InChI=1S/C17H20N4O3/c1-2-21(14-7-4-3-5-8-14)15(22)13-24-16(23)9-12-20-17-18-10-6-11-19-17/h3-8,10-11H,2,9,12-13H2,1H3,(H,18,19,20). The van der Waals surface area contributed by atoms with E-state index in [2.05, 4.69) is 15.3 Å². The highest BCUT2D eigenvalue weighted by molar-refractivity contribution is 5.95. The van der Waals surface area contributed by atoms with Crippen molar-refractivity contribution in [1.29, 1.82) is 0 Å². The van der Waals surface area contributed by atoms with E-state index in [1.807, 2.05) is 37.3 Å². The first kappa shape index (κ1) is 17.4. The smallest absolute Gasteiger partial charge is 0.308 e. The number of ether oxygens (including phenoxy) is 1. The number of carbonyl (C=O) groups is 2. The number of amides is 1. The number of hydrogen-bond donors (Lipinski definition) is 1. The third kappa shape index (κ3) is 5.35. The van der Waals surface area contributed by atoms with E-state index in [1.54, 1.807) is 23.4 Å². The average Bonchev–Trinajstić information content (AvgIpc) is 2.62. The van der Waals surface area contributed by atoms with Crippen molar-refractivity contribution in [1.82, 2.24) is 9.97 Å². The molecule has 0 saturated carbocycles. The molecule has 0 aliphatic rings. The average molecular weight is 328 g/mol. The zero-order valence-corrected chi connectivity index (χ0v) is 13.5. The molecule has 7 heteroatoms. The lowest BCUT2D eigenvalue weighted by atomic mass is 10.3. The lowest BCUT2D eigenvalue weighted by molar-refractivity contribution is -0.147. The van der Waals surface area contributed by atoms with Gasteiger partial charge in [-0.25, -0.2) is 9.97 Å². The van der Waals surface area contributed by atoms with Gasteiger partial charge >= 0.3 is 5.97 Å². The molecule has 1 heterocycles. The predicted molar refractivity (Wildman–Crippen MR) is 90.6 cm³/mol. The highest BCUT2D eigenvalue weighted by atomic mass is 16.5. The molecule has 0 bridgehead atoms. The van der Waals surface area contributed by atoms with Crippen molar-refractivity contribution < 1.29 is 14.3 Å². The van der Waals surface area contributed by atoms with Crippen LogP contribution >= 0.6 is 0 Å². The lowest BCUT2D eigenvalue weighted by Crippen LogP contribution is -2.34. The molecule has 1 N–H and O–H groups in total. The molecule has 1 aromatic carbocycles. The van der Waals surface area contributed by atoms with E-state index in [0.29, 0.717) is 19.0 Å². The van der Waals surface area contributed by atoms with Crippen LogP contribution in [0.15, 0.2) is 48.8 Å². The van der Waals surface area contributed by atoms with Gasteiger partial charge in [-0.2, -0.15) is 0 Å². The van der Waals surface area contributed by atoms with Crippen LogP contribution in [0.2, 0.25) is 0 Å². The van der Waals surface area contributed by atoms with E-state index in [9.17, 15) is 9.59 Å². The highest BCUT2D eigenvalue weighted by Crippen LogP contribution is 2.13. The van der Waals surface area contributed by atoms with Crippen LogP contribution in [0.3, 0.4) is 0 Å². The fraction of sp³-hybridized carbons (Fsp3) is 0.294. The van der Waals surface area contributed by atoms with Crippen LogP contribution in [0.5, 0.6) is 0 Å². The molecule has 0 unspecified atom stereocenters. The molecule has 0 saturated heterocycles. The number of aromatic nitrogens is 2. The first-order chi connectivity index (χ1) is 11.7. The molecule has 0 aliphatic carbocycles. The molecule has 0 spiro atoms. The Morgan fingerprint density at radius 3 is 2.50 bits per heavy atom. The SMILES string of the molecule is CCN(C(=O)COC(=O)CCNc1ncccn1)c1ccccc1. The minimum atomic E-state index is -0.448. The summed E-state index contributed by atoms with van der Waals surface area (Å²) < 4.78 is 5.04. The number of nitrogens with one attached hydrogen (secondary N) is 1. The first-order valence-electron chi connectivity index (χ1n) is 7.72. The monoisotopic (exact) mass is 328 g/mol. The summed E-state index contributed by atoms with van der Waals surface area (Å²) in [5, 5.41) is 2.90. The summed E-state index contributed by atoms with van der Waals surface area (Å²) in [5.41, 5.74) is 0.781. The Morgan fingerprint density at radius 2 is 1.83 bits per heavy atom. The van der Waals surface area contributed by atoms with Gasteiger partial charge in [0.05, 0.1) is 6.42 Å². The van der Waals surface area contributed by atoms with Gasteiger partial charge in [-0.15, -0.1) is 0 Å². The van der Waals surface area contributed by atoms with Crippen LogP contribution in [0.4, 0.5) is 11.6 Å².